The number of carbonyl (C=O) groups excluding carboxylic acids is 1. The Morgan fingerprint density at radius 2 is 1.78 bits per heavy atom. The van der Waals surface area contributed by atoms with Gasteiger partial charge in [-0.2, -0.15) is 13.2 Å². The first-order valence-electron chi connectivity index (χ1n) is 8.65. The van der Waals surface area contributed by atoms with Crippen molar-refractivity contribution in [3.05, 3.63) is 29.8 Å². The van der Waals surface area contributed by atoms with Gasteiger partial charge < -0.3 is 15.0 Å². The minimum Gasteiger partial charge on any atom is -0.469 e. The van der Waals surface area contributed by atoms with Crippen molar-refractivity contribution in [1.29, 1.82) is 0 Å². The Kier molecular flexibility index (Phi) is 6.18. The van der Waals surface area contributed by atoms with Gasteiger partial charge in [0.15, 0.2) is 0 Å². The number of benzene rings is 1. The number of ether oxygens (including phenoxy) is 1. The van der Waals surface area contributed by atoms with Crippen molar-refractivity contribution >= 4 is 29.0 Å². The first kappa shape index (κ1) is 19.8. The second-order valence-corrected chi connectivity index (χ2v) is 6.85. The van der Waals surface area contributed by atoms with Gasteiger partial charge in [-0.1, -0.05) is 12.1 Å². The van der Waals surface area contributed by atoms with E-state index in [9.17, 15) is 18.0 Å². The van der Waals surface area contributed by atoms with Crippen LogP contribution in [0.1, 0.15) is 5.56 Å². The van der Waals surface area contributed by atoms with Crippen molar-refractivity contribution < 1.29 is 22.7 Å². The second-order valence-electron chi connectivity index (χ2n) is 6.50. The van der Waals surface area contributed by atoms with Crippen molar-refractivity contribution in [3.63, 3.8) is 0 Å². The normalized spacial score (nSPS) is 19.2. The predicted octanol–water partition coefficient (Wildman–Crippen LogP) is 1.84. The number of alkyl halides is 3. The highest BCUT2D eigenvalue weighted by atomic mass is 32.1. The van der Waals surface area contributed by atoms with E-state index in [1.54, 1.807) is 0 Å². The lowest BCUT2D eigenvalue weighted by Crippen LogP contribution is -2.51. The molecule has 1 amide bonds. The highest BCUT2D eigenvalue weighted by Crippen LogP contribution is 2.34. The van der Waals surface area contributed by atoms with Crippen molar-refractivity contribution in [2.75, 3.05) is 57.9 Å². The molecule has 0 aromatic heterocycles. The van der Waals surface area contributed by atoms with Crippen molar-refractivity contribution in [2.45, 2.75) is 6.18 Å². The molecule has 2 heterocycles. The highest BCUT2D eigenvalue weighted by Gasteiger charge is 2.33. The van der Waals surface area contributed by atoms with Crippen LogP contribution >= 0.6 is 12.2 Å². The number of amides is 1. The van der Waals surface area contributed by atoms with Gasteiger partial charge in [0.25, 0.3) is 5.17 Å². The lowest BCUT2D eigenvalue weighted by atomic mass is 10.1. The molecule has 0 atom stereocenters. The summed E-state index contributed by atoms with van der Waals surface area (Å²) in [6, 6.07) is 4.99. The van der Waals surface area contributed by atoms with Crippen LogP contribution < -0.4 is 5.32 Å². The Morgan fingerprint density at radius 1 is 1.11 bits per heavy atom. The second kappa shape index (κ2) is 8.41. The van der Waals surface area contributed by atoms with E-state index in [-0.39, 0.29) is 12.2 Å². The van der Waals surface area contributed by atoms with Crippen LogP contribution in [0.5, 0.6) is 0 Å². The fourth-order valence-corrected chi connectivity index (χ4v) is 3.35. The standard InChI is InChI=1S/C17H21F3N4O2S/c18-17(19,20)13-3-1-2-4-14(13)21-15(25)11-22-5-7-23(8-6-22)12-24-9-10-26-16(24)27/h1-4H,5-12H2,(H,21,25). The lowest BCUT2D eigenvalue weighted by Gasteiger charge is -2.36. The number of hydrogen-bond donors (Lipinski definition) is 1. The summed E-state index contributed by atoms with van der Waals surface area (Å²) in [6.45, 7) is 4.98. The molecule has 2 aliphatic heterocycles. The summed E-state index contributed by atoms with van der Waals surface area (Å²) < 4.78 is 44.3. The quantitative estimate of drug-likeness (QED) is 0.759. The summed E-state index contributed by atoms with van der Waals surface area (Å²) >= 11 is 5.12. The lowest BCUT2D eigenvalue weighted by molar-refractivity contribution is -0.137. The van der Waals surface area contributed by atoms with Crippen molar-refractivity contribution in [2.24, 2.45) is 0 Å². The number of para-hydroxylation sites is 1. The van der Waals surface area contributed by atoms with E-state index >= 15 is 0 Å². The molecule has 2 aliphatic rings. The maximum Gasteiger partial charge on any atom is 0.418 e. The van der Waals surface area contributed by atoms with E-state index in [0.29, 0.717) is 31.5 Å². The summed E-state index contributed by atoms with van der Waals surface area (Å²) in [7, 11) is 0. The predicted molar refractivity (Wildman–Crippen MR) is 98.2 cm³/mol. The third kappa shape index (κ3) is 5.30. The number of nitrogens with zero attached hydrogens (tertiary/aromatic N) is 3. The molecule has 0 aliphatic carbocycles. The number of piperazine rings is 1. The van der Waals surface area contributed by atoms with Gasteiger partial charge in [-0.05, 0) is 24.4 Å². The van der Waals surface area contributed by atoms with Crippen LogP contribution in [0.25, 0.3) is 0 Å². The molecule has 1 aromatic carbocycles. The zero-order valence-electron chi connectivity index (χ0n) is 14.7. The number of nitrogens with one attached hydrogen (secondary N) is 1. The summed E-state index contributed by atoms with van der Waals surface area (Å²) in [6.07, 6.45) is -4.50. The molecule has 0 unspecified atom stereocenters. The molecule has 10 heteroatoms. The van der Waals surface area contributed by atoms with Crippen molar-refractivity contribution in [3.8, 4) is 0 Å². The van der Waals surface area contributed by atoms with Crippen LogP contribution in [0, 0.1) is 0 Å². The molecular weight excluding hydrogens is 381 g/mol. The van der Waals surface area contributed by atoms with Gasteiger partial charge in [-0.25, -0.2) is 0 Å². The molecule has 27 heavy (non-hydrogen) atoms. The van der Waals surface area contributed by atoms with E-state index in [1.807, 2.05) is 9.80 Å². The minimum absolute atomic E-state index is 0.0608. The molecule has 1 N–H and O–H groups in total. The van der Waals surface area contributed by atoms with Gasteiger partial charge in [-0.3, -0.25) is 14.6 Å². The summed E-state index contributed by atoms with van der Waals surface area (Å²) in [4.78, 5) is 18.3. The summed E-state index contributed by atoms with van der Waals surface area (Å²) in [5, 5.41) is 2.90. The number of rotatable bonds is 5. The first-order valence-corrected chi connectivity index (χ1v) is 9.06. The number of thiocarbonyl (C=S) groups is 1. The molecule has 2 saturated heterocycles. The van der Waals surface area contributed by atoms with Gasteiger partial charge in [0, 0.05) is 26.2 Å². The Bertz CT molecular complexity index is 693. The largest absolute Gasteiger partial charge is 0.469 e. The van der Waals surface area contributed by atoms with Crippen molar-refractivity contribution in [1.82, 2.24) is 14.7 Å². The molecule has 6 nitrogen and oxygen atoms in total. The zero-order chi connectivity index (χ0) is 19.4. The van der Waals surface area contributed by atoms with Crippen LogP contribution in [0.3, 0.4) is 0 Å². The number of carbonyl (C=O) groups is 1. The van der Waals surface area contributed by atoms with E-state index in [0.717, 1.165) is 25.7 Å². The number of halogens is 3. The molecule has 3 rings (SSSR count). The van der Waals surface area contributed by atoms with E-state index < -0.39 is 17.6 Å². The molecule has 0 radical (unpaired) electrons. The zero-order valence-corrected chi connectivity index (χ0v) is 15.5. The van der Waals surface area contributed by atoms with Crippen LogP contribution in [0.4, 0.5) is 18.9 Å². The van der Waals surface area contributed by atoms with Gasteiger partial charge in [0.2, 0.25) is 5.91 Å². The molecule has 1 aromatic rings. The molecular formula is C17H21F3N4O2S. The summed E-state index contributed by atoms with van der Waals surface area (Å²) in [5.41, 5.74) is -1.05. The first-order chi connectivity index (χ1) is 12.8. The Balaban J connectivity index is 1.47. The van der Waals surface area contributed by atoms with Gasteiger partial charge in [0.05, 0.1) is 31.0 Å². The average molecular weight is 402 g/mol. The van der Waals surface area contributed by atoms with E-state index in [1.165, 1.54) is 18.2 Å². The van der Waals surface area contributed by atoms with Crippen LogP contribution in [-0.2, 0) is 15.7 Å². The van der Waals surface area contributed by atoms with E-state index in [2.05, 4.69) is 10.2 Å². The monoisotopic (exact) mass is 402 g/mol. The fourth-order valence-electron chi connectivity index (χ4n) is 3.12. The molecule has 0 spiro atoms. The van der Waals surface area contributed by atoms with Gasteiger partial charge in [-0.15, -0.1) is 0 Å². The van der Waals surface area contributed by atoms with Crippen LogP contribution in [0.2, 0.25) is 0 Å². The third-order valence-corrected chi connectivity index (χ3v) is 4.93. The fraction of sp³-hybridized carbons (Fsp3) is 0.529. The maximum absolute atomic E-state index is 13.0. The highest BCUT2D eigenvalue weighted by molar-refractivity contribution is 7.80. The number of anilines is 1. The average Bonchev–Trinajstić information content (AvgIpc) is 3.01. The summed E-state index contributed by atoms with van der Waals surface area (Å²) in [5.74, 6) is -0.450. The molecule has 148 valence electrons. The molecule has 0 bridgehead atoms. The third-order valence-electron chi connectivity index (χ3n) is 4.55. The molecule has 2 fully saturated rings. The Morgan fingerprint density at radius 3 is 2.41 bits per heavy atom. The number of hydrogen-bond acceptors (Lipinski definition) is 5. The Labute approximate surface area is 160 Å². The maximum atomic E-state index is 13.0. The topological polar surface area (TPSA) is 48.1 Å². The SMILES string of the molecule is O=C(CN1CCN(CN2CCOC2=S)CC1)Nc1ccccc1C(F)(F)F. The van der Waals surface area contributed by atoms with Gasteiger partial charge >= 0.3 is 6.18 Å². The van der Waals surface area contributed by atoms with E-state index in [4.69, 9.17) is 17.0 Å². The molecule has 0 saturated carbocycles. The van der Waals surface area contributed by atoms with Crippen LogP contribution in [-0.4, -0.2) is 78.3 Å². The van der Waals surface area contributed by atoms with Crippen LogP contribution in [0.15, 0.2) is 24.3 Å². The Hall–Kier alpha value is -1.91. The smallest absolute Gasteiger partial charge is 0.418 e. The minimum atomic E-state index is -4.50. The van der Waals surface area contributed by atoms with Gasteiger partial charge in [0.1, 0.15) is 6.61 Å².